The summed E-state index contributed by atoms with van der Waals surface area (Å²) in [5.41, 5.74) is -0.768. The molecule has 0 aliphatic heterocycles. The third-order valence-corrected chi connectivity index (χ3v) is 2.50. The molecule has 0 aromatic heterocycles. The van der Waals surface area contributed by atoms with Crippen molar-refractivity contribution in [1.82, 2.24) is 5.32 Å². The minimum atomic E-state index is -0.768. The monoisotopic (exact) mass is 183 g/mol. The Bertz CT molecular complexity index is 211. The molecule has 2 N–H and O–H groups in total. The van der Waals surface area contributed by atoms with E-state index in [1.54, 1.807) is 13.0 Å². The summed E-state index contributed by atoms with van der Waals surface area (Å²) in [6, 6.07) is 0. The highest BCUT2D eigenvalue weighted by Gasteiger charge is 2.38. The van der Waals surface area contributed by atoms with Gasteiger partial charge in [-0.15, -0.1) is 6.58 Å². The number of aliphatic carboxylic acids is 1. The van der Waals surface area contributed by atoms with Crippen LogP contribution in [0.5, 0.6) is 0 Å². The van der Waals surface area contributed by atoms with E-state index in [2.05, 4.69) is 11.9 Å². The molecule has 13 heavy (non-hydrogen) atoms. The molecular formula is C10H17NO2. The van der Waals surface area contributed by atoms with Gasteiger partial charge in [0.15, 0.2) is 0 Å². The topological polar surface area (TPSA) is 49.3 Å². The minimum Gasteiger partial charge on any atom is -0.480 e. The van der Waals surface area contributed by atoms with Gasteiger partial charge in [0.25, 0.3) is 0 Å². The van der Waals surface area contributed by atoms with Crippen molar-refractivity contribution in [3.63, 3.8) is 0 Å². The average molecular weight is 183 g/mol. The molecule has 1 unspecified atom stereocenters. The Hall–Kier alpha value is -0.830. The van der Waals surface area contributed by atoms with Gasteiger partial charge < -0.3 is 5.11 Å². The fraction of sp³-hybridized carbons (Fsp3) is 0.700. The van der Waals surface area contributed by atoms with E-state index in [0.29, 0.717) is 12.5 Å². The van der Waals surface area contributed by atoms with Crippen molar-refractivity contribution in [3.8, 4) is 0 Å². The normalized spacial score (nSPS) is 20.7. The molecule has 0 bridgehead atoms. The molecule has 1 aliphatic carbocycles. The maximum atomic E-state index is 11.0. The summed E-state index contributed by atoms with van der Waals surface area (Å²) in [5, 5.41) is 12.0. The predicted molar refractivity (Wildman–Crippen MR) is 51.6 cm³/mol. The summed E-state index contributed by atoms with van der Waals surface area (Å²) < 4.78 is 0. The molecule has 0 aromatic rings. The van der Waals surface area contributed by atoms with Gasteiger partial charge in [0.05, 0.1) is 0 Å². The van der Waals surface area contributed by atoms with Crippen molar-refractivity contribution in [2.75, 3.05) is 6.54 Å². The maximum Gasteiger partial charge on any atom is 0.323 e. The van der Waals surface area contributed by atoms with Crippen molar-refractivity contribution in [1.29, 1.82) is 0 Å². The van der Waals surface area contributed by atoms with E-state index in [1.807, 2.05) is 0 Å². The quantitative estimate of drug-likeness (QED) is 0.612. The highest BCUT2D eigenvalue weighted by molar-refractivity contribution is 5.78. The van der Waals surface area contributed by atoms with E-state index in [9.17, 15) is 4.79 Å². The van der Waals surface area contributed by atoms with Crippen LogP contribution in [0.2, 0.25) is 0 Å². The maximum absolute atomic E-state index is 11.0. The van der Waals surface area contributed by atoms with Crippen LogP contribution >= 0.6 is 0 Å². The van der Waals surface area contributed by atoms with Crippen LogP contribution in [-0.4, -0.2) is 23.2 Å². The van der Waals surface area contributed by atoms with E-state index in [1.165, 1.54) is 12.8 Å². The third kappa shape index (κ3) is 2.84. The summed E-state index contributed by atoms with van der Waals surface area (Å²) in [5.74, 6) is -0.153. The minimum absolute atomic E-state index is 0.551. The smallest absolute Gasteiger partial charge is 0.323 e. The highest BCUT2D eigenvalue weighted by atomic mass is 16.4. The molecule has 0 saturated heterocycles. The van der Waals surface area contributed by atoms with Gasteiger partial charge in [0.1, 0.15) is 5.54 Å². The molecule has 3 heteroatoms. The fourth-order valence-electron chi connectivity index (χ4n) is 1.43. The van der Waals surface area contributed by atoms with E-state index in [-0.39, 0.29) is 0 Å². The fourth-order valence-corrected chi connectivity index (χ4v) is 1.43. The molecule has 74 valence electrons. The van der Waals surface area contributed by atoms with Gasteiger partial charge in [-0.2, -0.15) is 0 Å². The van der Waals surface area contributed by atoms with Crippen LogP contribution in [0.4, 0.5) is 0 Å². The van der Waals surface area contributed by atoms with Crippen LogP contribution in [-0.2, 0) is 4.79 Å². The summed E-state index contributed by atoms with van der Waals surface area (Å²) in [6.45, 7) is 5.86. The van der Waals surface area contributed by atoms with Gasteiger partial charge in [-0.3, -0.25) is 10.1 Å². The molecule has 0 radical (unpaired) electrons. The lowest BCUT2D eigenvalue weighted by Gasteiger charge is -2.25. The second-order valence-corrected chi connectivity index (χ2v) is 3.95. The Labute approximate surface area is 78.8 Å². The Balaban J connectivity index is 2.49. The van der Waals surface area contributed by atoms with E-state index in [0.717, 1.165) is 6.42 Å². The summed E-state index contributed by atoms with van der Waals surface area (Å²) in [6.07, 6.45) is 4.78. The number of hydrogen-bond donors (Lipinski definition) is 2. The van der Waals surface area contributed by atoms with E-state index < -0.39 is 11.5 Å². The molecule has 0 spiro atoms. The molecular weight excluding hydrogens is 166 g/mol. The molecule has 1 fully saturated rings. The van der Waals surface area contributed by atoms with Crippen molar-refractivity contribution >= 4 is 5.97 Å². The number of rotatable bonds is 6. The molecule has 1 saturated carbocycles. The van der Waals surface area contributed by atoms with Crippen LogP contribution in [0.25, 0.3) is 0 Å². The van der Waals surface area contributed by atoms with E-state index in [4.69, 9.17) is 5.11 Å². The lowest BCUT2D eigenvalue weighted by molar-refractivity contribution is -0.144. The number of carboxylic acids is 1. The first-order valence-corrected chi connectivity index (χ1v) is 4.68. The van der Waals surface area contributed by atoms with Gasteiger partial charge in [-0.1, -0.05) is 18.9 Å². The SMILES string of the molecule is C=CCNC(C)(CC1CC1)C(=O)O. The lowest BCUT2D eigenvalue weighted by atomic mass is 9.95. The van der Waals surface area contributed by atoms with Gasteiger partial charge in [0, 0.05) is 6.54 Å². The zero-order chi connectivity index (χ0) is 9.90. The van der Waals surface area contributed by atoms with Crippen LogP contribution in [0.3, 0.4) is 0 Å². The van der Waals surface area contributed by atoms with Gasteiger partial charge in [-0.25, -0.2) is 0 Å². The summed E-state index contributed by atoms with van der Waals surface area (Å²) in [4.78, 5) is 11.0. The Morgan fingerprint density at radius 3 is 2.77 bits per heavy atom. The van der Waals surface area contributed by atoms with Gasteiger partial charge >= 0.3 is 5.97 Å². The van der Waals surface area contributed by atoms with Crippen LogP contribution in [0.15, 0.2) is 12.7 Å². The standard InChI is InChI=1S/C10H17NO2/c1-3-6-11-10(2,9(12)13)7-8-4-5-8/h3,8,11H,1,4-7H2,2H3,(H,12,13). The molecule has 0 aromatic carbocycles. The molecule has 0 amide bonds. The van der Waals surface area contributed by atoms with Crippen LogP contribution in [0, 0.1) is 5.92 Å². The highest BCUT2D eigenvalue weighted by Crippen LogP contribution is 2.36. The van der Waals surface area contributed by atoms with Gasteiger partial charge in [0.2, 0.25) is 0 Å². The largest absolute Gasteiger partial charge is 0.480 e. The zero-order valence-electron chi connectivity index (χ0n) is 8.05. The van der Waals surface area contributed by atoms with Gasteiger partial charge in [-0.05, 0) is 19.3 Å². The number of carboxylic acid groups (broad SMARTS) is 1. The van der Waals surface area contributed by atoms with Crippen LogP contribution in [0.1, 0.15) is 26.2 Å². The Morgan fingerprint density at radius 1 is 1.77 bits per heavy atom. The number of hydrogen-bond acceptors (Lipinski definition) is 2. The second-order valence-electron chi connectivity index (χ2n) is 3.95. The number of carbonyl (C=O) groups is 1. The number of nitrogens with one attached hydrogen (secondary N) is 1. The average Bonchev–Trinajstić information content (AvgIpc) is 2.84. The van der Waals surface area contributed by atoms with Crippen LogP contribution < -0.4 is 5.32 Å². The first-order chi connectivity index (χ1) is 6.08. The first-order valence-electron chi connectivity index (χ1n) is 4.68. The molecule has 1 atom stereocenters. The van der Waals surface area contributed by atoms with Crippen molar-refractivity contribution in [2.24, 2.45) is 5.92 Å². The first kappa shape index (κ1) is 10.3. The molecule has 0 heterocycles. The molecule has 1 rings (SSSR count). The Morgan fingerprint density at radius 2 is 2.38 bits per heavy atom. The summed E-state index contributed by atoms with van der Waals surface area (Å²) in [7, 11) is 0. The zero-order valence-corrected chi connectivity index (χ0v) is 8.05. The molecule has 3 nitrogen and oxygen atoms in total. The Kier molecular flexibility index (Phi) is 3.09. The second kappa shape index (κ2) is 3.92. The molecule has 1 aliphatic rings. The van der Waals surface area contributed by atoms with Crippen molar-refractivity contribution in [2.45, 2.75) is 31.7 Å². The van der Waals surface area contributed by atoms with E-state index >= 15 is 0 Å². The summed E-state index contributed by atoms with van der Waals surface area (Å²) >= 11 is 0. The predicted octanol–water partition coefficient (Wildman–Crippen LogP) is 1.41. The van der Waals surface area contributed by atoms with Crippen molar-refractivity contribution in [3.05, 3.63) is 12.7 Å². The lowest BCUT2D eigenvalue weighted by Crippen LogP contribution is -2.49. The third-order valence-electron chi connectivity index (χ3n) is 2.50. The van der Waals surface area contributed by atoms with Crippen molar-refractivity contribution < 1.29 is 9.90 Å².